The van der Waals surface area contributed by atoms with E-state index in [-0.39, 0.29) is 50.9 Å². The number of rotatable bonds is 8. The Hall–Kier alpha value is -11.8. The molecule has 0 radical (unpaired) electrons. The van der Waals surface area contributed by atoms with Gasteiger partial charge in [0.2, 0.25) is 23.1 Å². The van der Waals surface area contributed by atoms with Crippen molar-refractivity contribution >= 4 is 90.1 Å². The first-order valence-electron chi connectivity index (χ1n) is 30.4. The number of hydrogen-bond acceptors (Lipinski definition) is 15. The van der Waals surface area contributed by atoms with Crippen LogP contribution < -0.4 is 63.3 Å². The van der Waals surface area contributed by atoms with Gasteiger partial charge in [-0.2, -0.15) is 0 Å². The molecular weight excluding hydrogens is 1230 g/mol. The van der Waals surface area contributed by atoms with Crippen molar-refractivity contribution in [2.24, 2.45) is 32.0 Å². The fourth-order valence-electron chi connectivity index (χ4n) is 9.31. The maximum Gasteiger partial charge on any atom is 0.311 e. The number of pyridine rings is 4. The molecule has 2 amide bonds. The standard InChI is InChI=1S/C13H17NO2.C12H17NO.C11H10N2O4.C11H12N2O2.C11H11NO2.C10H9NO2.C7H9N/c1-9-6-5-7-11(10(9)8-15)14-12(16)13(2,3)4;1-9-6-5-7-10(8-9)13-11(14)12(2,3)4;1-12-8-4-5-9(13(15)16)11(17-2)7(8)3-6-10(12)14;1-13-9-5-4-8(12)11(15-2)7(9)3-6-10(13)14;1-12-9-4-3-5-10(14-2)8(9)6-7-11(12)13;1-13-9-4-2-3-8-7(9)5-6-10(12)11-8;1-6-3-2-4-7(8)5-6/h5-8H,1-4H3,(H,14,16);5-8H,1-4H3,(H,13,14);3-6H,1-2H3;3-6H,12H2,1-2H3;3-7H,1-2H3;2-6H,1H3,(H,11,12);2-5H,8H2,1H3. The number of anilines is 4. The number of hydrogen-bond donors (Lipinski definition) is 5. The smallest absolute Gasteiger partial charge is 0.311 e. The van der Waals surface area contributed by atoms with Gasteiger partial charge in [0, 0.05) is 101 Å². The van der Waals surface area contributed by atoms with E-state index in [1.807, 2.05) is 165 Å². The Balaban J connectivity index is 0.000000206. The molecule has 0 aliphatic heterocycles. The third-order valence-corrected chi connectivity index (χ3v) is 14.8. The molecule has 0 aliphatic carbocycles. The van der Waals surface area contributed by atoms with E-state index >= 15 is 0 Å². The van der Waals surface area contributed by atoms with Crippen LogP contribution in [0.2, 0.25) is 0 Å². The lowest BCUT2D eigenvalue weighted by Crippen LogP contribution is -2.28. The number of carbonyl (C=O) groups is 3. The number of aromatic amines is 1. The summed E-state index contributed by atoms with van der Waals surface area (Å²) >= 11 is 0. The van der Waals surface area contributed by atoms with Gasteiger partial charge in [0.15, 0.2) is 12.0 Å². The lowest BCUT2D eigenvalue weighted by molar-refractivity contribution is -0.385. The number of nitrogens with one attached hydrogen (secondary N) is 3. The maximum absolute atomic E-state index is 11.8. The van der Waals surface area contributed by atoms with E-state index < -0.39 is 10.3 Å². The summed E-state index contributed by atoms with van der Waals surface area (Å²) in [6.07, 6.45) is 0.771. The quantitative estimate of drug-likeness (QED) is 0.0409. The van der Waals surface area contributed by atoms with Gasteiger partial charge in [-0.15, -0.1) is 0 Å². The van der Waals surface area contributed by atoms with Gasteiger partial charge in [0.25, 0.3) is 16.7 Å². The van der Waals surface area contributed by atoms with Crippen LogP contribution in [0.3, 0.4) is 0 Å². The van der Waals surface area contributed by atoms with Gasteiger partial charge >= 0.3 is 5.69 Å². The van der Waals surface area contributed by atoms with E-state index in [1.165, 1.54) is 53.6 Å². The molecule has 0 fully saturated rings. The molecule has 22 heteroatoms. The topological polar surface area (TPSA) is 306 Å². The zero-order chi connectivity index (χ0) is 72.1. The fraction of sp³-hybridized carbons (Fsp3) is 0.240. The molecule has 0 saturated heterocycles. The Morgan fingerprint density at radius 3 is 1.47 bits per heavy atom. The number of nitro groups is 1. The lowest BCUT2D eigenvalue weighted by atomic mass is 9.95. The highest BCUT2D eigenvalue weighted by molar-refractivity contribution is 5.99. The van der Waals surface area contributed by atoms with E-state index in [0.29, 0.717) is 33.6 Å². The van der Waals surface area contributed by atoms with Gasteiger partial charge < -0.3 is 59.7 Å². The number of fused-ring (bicyclic) bond motifs is 4. The normalized spacial score (nSPS) is 10.5. The number of aldehydes is 1. The van der Waals surface area contributed by atoms with Crippen LogP contribution in [0.15, 0.2) is 195 Å². The van der Waals surface area contributed by atoms with Crippen LogP contribution in [0, 0.1) is 41.7 Å². The van der Waals surface area contributed by atoms with Crippen molar-refractivity contribution in [1.29, 1.82) is 0 Å². The average molecular weight is 1320 g/mol. The van der Waals surface area contributed by atoms with Crippen LogP contribution in [0.25, 0.3) is 43.6 Å². The number of nitrogens with zero attached hydrogens (tertiary/aromatic N) is 4. The summed E-state index contributed by atoms with van der Waals surface area (Å²) in [7, 11) is 11.3. The first-order valence-corrected chi connectivity index (χ1v) is 30.4. The summed E-state index contributed by atoms with van der Waals surface area (Å²) < 4.78 is 25.2. The molecule has 0 saturated carbocycles. The molecule has 0 spiro atoms. The fourth-order valence-corrected chi connectivity index (χ4v) is 9.31. The van der Waals surface area contributed by atoms with Gasteiger partial charge in [-0.05, 0) is 135 Å². The van der Waals surface area contributed by atoms with Crippen molar-refractivity contribution in [3.63, 3.8) is 0 Å². The Morgan fingerprint density at radius 1 is 0.515 bits per heavy atom. The summed E-state index contributed by atoms with van der Waals surface area (Å²) in [5.41, 5.74) is 19.7. The van der Waals surface area contributed by atoms with Gasteiger partial charge in [0.05, 0.1) is 66.8 Å². The lowest BCUT2D eigenvalue weighted by Gasteiger charge is -2.18. The van der Waals surface area contributed by atoms with Gasteiger partial charge in [-0.1, -0.05) is 90.1 Å². The highest BCUT2D eigenvalue weighted by Gasteiger charge is 2.23. The molecule has 508 valence electrons. The Labute approximate surface area is 562 Å². The van der Waals surface area contributed by atoms with Crippen LogP contribution in [0.4, 0.5) is 28.4 Å². The van der Waals surface area contributed by atoms with Crippen molar-refractivity contribution in [2.45, 2.75) is 62.3 Å². The van der Waals surface area contributed by atoms with Crippen LogP contribution in [0.1, 0.15) is 68.6 Å². The zero-order valence-corrected chi connectivity index (χ0v) is 57.6. The molecular formula is C75H85N9O13. The van der Waals surface area contributed by atoms with Crippen LogP contribution in [0.5, 0.6) is 23.0 Å². The number of amides is 2. The first-order chi connectivity index (χ1) is 45.8. The Kier molecular flexibility index (Phi) is 26.9. The molecule has 97 heavy (non-hydrogen) atoms. The van der Waals surface area contributed by atoms with Gasteiger partial charge in [-0.3, -0.25) is 43.7 Å². The van der Waals surface area contributed by atoms with E-state index in [9.17, 15) is 43.7 Å². The maximum atomic E-state index is 11.8. The molecule has 0 atom stereocenters. The number of benzene rings is 7. The summed E-state index contributed by atoms with van der Waals surface area (Å²) in [6.45, 7) is 17.1. The third kappa shape index (κ3) is 20.6. The molecule has 7 N–H and O–H groups in total. The molecule has 0 bridgehead atoms. The molecule has 4 aromatic heterocycles. The minimum atomic E-state index is -0.511. The number of carbonyl (C=O) groups excluding carboxylic acids is 3. The van der Waals surface area contributed by atoms with Crippen LogP contribution in [-0.2, 0) is 30.7 Å². The first kappa shape index (κ1) is 75.9. The molecule has 0 aliphatic rings. The van der Waals surface area contributed by atoms with Gasteiger partial charge in [-0.25, -0.2) is 0 Å². The Bertz CT molecular complexity index is 4850. The third-order valence-electron chi connectivity index (χ3n) is 14.8. The zero-order valence-electron chi connectivity index (χ0n) is 57.6. The number of nitro benzene ring substituents is 1. The molecule has 0 unspecified atom stereocenters. The SMILES string of the molecule is COc1c(N)ccc2c1ccc(=O)n2C.COc1c([N+](=O)[O-])ccc2c1ccc(=O)n2C.COc1cccc2[nH]c(=O)ccc12.COc1cccc2c1ccc(=O)n2C.Cc1cccc(N)c1.Cc1cccc(NC(=O)C(C)(C)C)c1.Cc1cccc(NC(=O)C(C)(C)C)c1C=O. The number of ether oxygens (including phenoxy) is 4. The predicted octanol–water partition coefficient (Wildman–Crippen LogP) is 13.0. The number of aryl methyl sites for hydroxylation is 6. The minimum absolute atomic E-state index is 0.00856. The summed E-state index contributed by atoms with van der Waals surface area (Å²) in [5.74, 6) is 2.29. The van der Waals surface area contributed by atoms with E-state index in [1.54, 1.807) is 88.0 Å². The number of nitrogen functional groups attached to an aromatic ring is 2. The van der Waals surface area contributed by atoms with Crippen molar-refractivity contribution in [1.82, 2.24) is 18.7 Å². The second-order valence-electron chi connectivity index (χ2n) is 24.1. The number of nitrogens with two attached hydrogens (primary N) is 2. The van der Waals surface area contributed by atoms with Crippen molar-refractivity contribution in [3.8, 4) is 23.0 Å². The van der Waals surface area contributed by atoms with E-state index in [2.05, 4.69) is 15.6 Å². The van der Waals surface area contributed by atoms with Crippen LogP contribution >= 0.6 is 0 Å². The van der Waals surface area contributed by atoms with Gasteiger partial charge in [0.1, 0.15) is 11.5 Å². The van der Waals surface area contributed by atoms with Crippen LogP contribution in [-0.4, -0.2) is 70.1 Å². The van der Waals surface area contributed by atoms with Crippen molar-refractivity contribution in [2.75, 3.05) is 50.5 Å². The van der Waals surface area contributed by atoms with Crippen molar-refractivity contribution in [3.05, 3.63) is 250 Å². The average Bonchev–Trinajstić information content (AvgIpc) is 0.799. The highest BCUT2D eigenvalue weighted by Crippen LogP contribution is 2.35. The number of aromatic nitrogens is 4. The summed E-state index contributed by atoms with van der Waals surface area (Å²) in [4.78, 5) is 92.6. The second kappa shape index (κ2) is 34.4. The molecule has 11 rings (SSSR count). The Morgan fingerprint density at radius 2 is 0.979 bits per heavy atom. The largest absolute Gasteiger partial charge is 0.496 e. The highest BCUT2D eigenvalue weighted by atomic mass is 16.6. The summed E-state index contributed by atoms with van der Waals surface area (Å²) in [5, 5.41) is 19.8. The predicted molar refractivity (Wildman–Crippen MR) is 389 cm³/mol. The number of methoxy groups -OCH3 is 4. The minimum Gasteiger partial charge on any atom is -0.496 e. The molecule has 7 aromatic carbocycles. The van der Waals surface area contributed by atoms with E-state index in [4.69, 9.17) is 30.4 Å². The summed E-state index contributed by atoms with van der Waals surface area (Å²) in [6, 6.07) is 51.3. The molecule has 22 nitrogen and oxygen atoms in total. The monoisotopic (exact) mass is 1320 g/mol. The molecule has 11 aromatic rings. The van der Waals surface area contributed by atoms with Crippen molar-refractivity contribution < 1.29 is 38.3 Å². The number of H-pyrrole nitrogens is 1. The molecule has 4 heterocycles. The second-order valence-corrected chi connectivity index (χ2v) is 24.1. The van der Waals surface area contributed by atoms with E-state index in [0.717, 1.165) is 73.0 Å².